The van der Waals surface area contributed by atoms with Gasteiger partial charge in [0.05, 0.1) is 14.2 Å². The van der Waals surface area contributed by atoms with Crippen LogP contribution in [0.25, 0.3) is 0 Å². The van der Waals surface area contributed by atoms with E-state index in [1.807, 2.05) is 0 Å². The van der Waals surface area contributed by atoms with Gasteiger partial charge in [0.1, 0.15) is 6.04 Å². The normalized spacial score (nSPS) is 15.6. The van der Waals surface area contributed by atoms with Gasteiger partial charge in [0.15, 0.2) is 11.5 Å². The molecule has 1 saturated carbocycles. The highest BCUT2D eigenvalue weighted by Crippen LogP contribution is 2.28. The van der Waals surface area contributed by atoms with Crippen LogP contribution in [0.3, 0.4) is 0 Å². The van der Waals surface area contributed by atoms with E-state index < -0.39 is 6.04 Å². The fraction of sp³-hybridized carbons (Fsp3) is 0.619. The Morgan fingerprint density at radius 3 is 2.46 bits per heavy atom. The lowest BCUT2D eigenvalue weighted by atomic mass is 9.95. The maximum Gasteiger partial charge on any atom is 0.254 e. The zero-order chi connectivity index (χ0) is 20.5. The number of amides is 2. The minimum atomic E-state index is -0.630. The molecule has 2 rings (SSSR count). The monoisotopic (exact) mass is 392 g/mol. The van der Waals surface area contributed by atoms with E-state index in [2.05, 4.69) is 5.32 Å². The molecule has 2 amide bonds. The quantitative estimate of drug-likeness (QED) is 0.674. The van der Waals surface area contributed by atoms with Crippen LogP contribution < -0.4 is 14.8 Å². The van der Waals surface area contributed by atoms with E-state index in [4.69, 9.17) is 9.47 Å². The number of rotatable bonds is 9. The van der Waals surface area contributed by atoms with Gasteiger partial charge >= 0.3 is 0 Å². The molecule has 0 spiro atoms. The van der Waals surface area contributed by atoms with Crippen molar-refractivity contribution in [1.29, 1.82) is 0 Å². The number of hydrogen-bond acceptors (Lipinski definition) is 5. The van der Waals surface area contributed by atoms with Crippen LogP contribution in [0.5, 0.6) is 11.5 Å². The van der Waals surface area contributed by atoms with Crippen LogP contribution in [0.2, 0.25) is 0 Å². The summed E-state index contributed by atoms with van der Waals surface area (Å²) in [5, 5.41) is 12.3. The van der Waals surface area contributed by atoms with E-state index in [1.165, 1.54) is 25.5 Å². The molecule has 1 fully saturated rings. The van der Waals surface area contributed by atoms with Crippen molar-refractivity contribution >= 4 is 11.8 Å². The van der Waals surface area contributed by atoms with Gasteiger partial charge in [-0.15, -0.1) is 0 Å². The Kier molecular flexibility index (Phi) is 8.57. The summed E-state index contributed by atoms with van der Waals surface area (Å²) in [6, 6.07) is 4.48. The molecule has 1 aromatic carbocycles. The lowest BCUT2D eigenvalue weighted by Gasteiger charge is -2.31. The molecule has 0 aromatic heterocycles. The van der Waals surface area contributed by atoms with Gasteiger partial charge in [-0.05, 0) is 44.4 Å². The second-order valence-corrected chi connectivity index (χ2v) is 7.16. The van der Waals surface area contributed by atoms with Crippen LogP contribution in [0, 0.1) is 0 Å². The first-order chi connectivity index (χ1) is 13.5. The number of hydrogen-bond donors (Lipinski definition) is 2. The number of methoxy groups -OCH3 is 2. The Balaban J connectivity index is 2.16. The maximum atomic E-state index is 13.1. The van der Waals surface area contributed by atoms with E-state index in [0.717, 1.165) is 25.7 Å². The summed E-state index contributed by atoms with van der Waals surface area (Å²) in [6.07, 6.45) is 5.83. The molecule has 1 aromatic rings. The largest absolute Gasteiger partial charge is 0.493 e. The average molecular weight is 392 g/mol. The zero-order valence-electron chi connectivity index (χ0n) is 17.1. The fourth-order valence-electron chi connectivity index (χ4n) is 3.56. The van der Waals surface area contributed by atoms with Gasteiger partial charge in [0.25, 0.3) is 5.91 Å². The molecule has 7 nitrogen and oxygen atoms in total. The van der Waals surface area contributed by atoms with Crippen molar-refractivity contribution in [3.8, 4) is 11.5 Å². The predicted molar refractivity (Wildman–Crippen MR) is 107 cm³/mol. The summed E-state index contributed by atoms with van der Waals surface area (Å²) in [6.45, 7) is 1.98. The number of aliphatic hydroxyl groups is 1. The van der Waals surface area contributed by atoms with Crippen LogP contribution in [0.4, 0.5) is 0 Å². The molecular formula is C21H32N2O5. The van der Waals surface area contributed by atoms with Crippen molar-refractivity contribution < 1.29 is 24.2 Å². The molecule has 0 aliphatic heterocycles. The van der Waals surface area contributed by atoms with Crippen LogP contribution in [0.15, 0.2) is 18.2 Å². The molecule has 7 heteroatoms. The van der Waals surface area contributed by atoms with Crippen molar-refractivity contribution in [1.82, 2.24) is 10.2 Å². The predicted octanol–water partition coefficient (Wildman–Crippen LogP) is 2.37. The number of carbonyl (C=O) groups excluding carboxylic acids is 2. The third kappa shape index (κ3) is 5.61. The lowest BCUT2D eigenvalue weighted by molar-refractivity contribution is -0.126. The summed E-state index contributed by atoms with van der Waals surface area (Å²) in [7, 11) is 3.04. The number of aliphatic hydroxyl groups excluding tert-OH is 1. The second kappa shape index (κ2) is 10.9. The van der Waals surface area contributed by atoms with Gasteiger partial charge in [-0.1, -0.05) is 19.3 Å². The van der Waals surface area contributed by atoms with Crippen LogP contribution in [-0.4, -0.2) is 61.3 Å². The molecule has 0 radical (unpaired) electrons. The SMILES string of the molecule is COc1ccc(C(=O)N(CCCO)[C@H](C)C(=O)NC2CCCCC2)cc1OC. The average Bonchev–Trinajstić information content (AvgIpc) is 2.73. The number of nitrogens with zero attached hydrogens (tertiary/aromatic N) is 1. The Bertz CT molecular complexity index is 658. The number of nitrogens with one attached hydrogen (secondary N) is 1. The molecule has 1 aliphatic carbocycles. The van der Waals surface area contributed by atoms with Crippen molar-refractivity contribution in [2.24, 2.45) is 0 Å². The van der Waals surface area contributed by atoms with E-state index >= 15 is 0 Å². The first-order valence-electron chi connectivity index (χ1n) is 9.96. The first kappa shape index (κ1) is 22.0. The van der Waals surface area contributed by atoms with Crippen LogP contribution >= 0.6 is 0 Å². The van der Waals surface area contributed by atoms with Crippen molar-refractivity contribution in [2.75, 3.05) is 27.4 Å². The molecule has 0 heterocycles. The summed E-state index contributed by atoms with van der Waals surface area (Å²) in [5.41, 5.74) is 0.410. The Morgan fingerprint density at radius 1 is 1.18 bits per heavy atom. The first-order valence-corrected chi connectivity index (χ1v) is 9.96. The Hall–Kier alpha value is -2.28. The van der Waals surface area contributed by atoms with Gasteiger partial charge < -0.3 is 24.8 Å². The molecule has 1 aliphatic rings. The number of carbonyl (C=O) groups is 2. The minimum absolute atomic E-state index is 0.0489. The Labute approximate surface area is 167 Å². The summed E-state index contributed by atoms with van der Waals surface area (Å²) < 4.78 is 10.5. The van der Waals surface area contributed by atoms with Gasteiger partial charge in [-0.2, -0.15) is 0 Å². The molecule has 0 bridgehead atoms. The second-order valence-electron chi connectivity index (χ2n) is 7.16. The summed E-state index contributed by atoms with van der Waals surface area (Å²) in [5.74, 6) is 0.554. The minimum Gasteiger partial charge on any atom is -0.493 e. The lowest BCUT2D eigenvalue weighted by Crippen LogP contribution is -2.51. The molecule has 0 unspecified atom stereocenters. The zero-order valence-corrected chi connectivity index (χ0v) is 17.1. The highest BCUT2D eigenvalue weighted by Gasteiger charge is 2.28. The van der Waals surface area contributed by atoms with Gasteiger partial charge in [0, 0.05) is 24.8 Å². The fourth-order valence-corrected chi connectivity index (χ4v) is 3.56. The summed E-state index contributed by atoms with van der Waals surface area (Å²) in [4.78, 5) is 27.4. The van der Waals surface area contributed by atoms with Gasteiger partial charge in [0.2, 0.25) is 5.91 Å². The molecular weight excluding hydrogens is 360 g/mol. The highest BCUT2D eigenvalue weighted by atomic mass is 16.5. The third-order valence-corrected chi connectivity index (χ3v) is 5.25. The van der Waals surface area contributed by atoms with E-state index in [-0.39, 0.29) is 24.5 Å². The van der Waals surface area contributed by atoms with Crippen LogP contribution in [-0.2, 0) is 4.79 Å². The highest BCUT2D eigenvalue weighted by molar-refractivity contribution is 5.98. The van der Waals surface area contributed by atoms with Crippen molar-refractivity contribution in [3.63, 3.8) is 0 Å². The summed E-state index contributed by atoms with van der Waals surface area (Å²) >= 11 is 0. The van der Waals surface area contributed by atoms with E-state index in [1.54, 1.807) is 25.1 Å². The van der Waals surface area contributed by atoms with Gasteiger partial charge in [-0.25, -0.2) is 0 Å². The molecule has 28 heavy (non-hydrogen) atoms. The number of benzene rings is 1. The van der Waals surface area contributed by atoms with Crippen molar-refractivity contribution in [3.05, 3.63) is 23.8 Å². The molecule has 156 valence electrons. The molecule has 0 saturated heterocycles. The van der Waals surface area contributed by atoms with Crippen LogP contribution in [0.1, 0.15) is 55.8 Å². The van der Waals surface area contributed by atoms with E-state index in [9.17, 15) is 14.7 Å². The Morgan fingerprint density at radius 2 is 1.86 bits per heavy atom. The standard InChI is InChI=1S/C21H32N2O5/c1-15(20(25)22-17-8-5-4-6-9-17)23(12-7-13-24)21(26)16-10-11-18(27-2)19(14-16)28-3/h10-11,14-15,17,24H,4-9,12-13H2,1-3H3,(H,22,25)/t15-/m1/s1. The van der Waals surface area contributed by atoms with E-state index in [0.29, 0.717) is 30.0 Å². The molecule has 2 N–H and O–H groups in total. The smallest absolute Gasteiger partial charge is 0.254 e. The maximum absolute atomic E-state index is 13.1. The van der Waals surface area contributed by atoms with Gasteiger partial charge in [-0.3, -0.25) is 9.59 Å². The number of ether oxygens (including phenoxy) is 2. The topological polar surface area (TPSA) is 88.1 Å². The molecule has 1 atom stereocenters. The van der Waals surface area contributed by atoms with Crippen molar-refractivity contribution in [2.45, 2.75) is 57.5 Å². The third-order valence-electron chi connectivity index (χ3n) is 5.25.